The fraction of sp³-hybridized carbons (Fsp3) is 0.278. The van der Waals surface area contributed by atoms with Crippen LogP contribution in [0.1, 0.15) is 24.0 Å². The minimum atomic E-state index is -1.14. The van der Waals surface area contributed by atoms with E-state index in [1.54, 1.807) is 21.1 Å². The Balaban J connectivity index is 2.52. The van der Waals surface area contributed by atoms with Gasteiger partial charge in [0.15, 0.2) is 0 Å². The van der Waals surface area contributed by atoms with Gasteiger partial charge in [-0.2, -0.15) is 0 Å². The standard InChI is InChI=1S/C18H19BrO4/c1-18(19,17(20)21)16(12-4-8-14(22-2)9-5-12)13-6-10-15(23-3)11-7-13/h4-11,16H,1-3H3,(H,20,21)/t18-/m0/s1. The predicted octanol–water partition coefficient (Wildman–Crippen LogP) is 4.07. The van der Waals surface area contributed by atoms with Crippen LogP contribution in [-0.4, -0.2) is 29.6 Å². The smallest absolute Gasteiger partial charge is 0.321 e. The van der Waals surface area contributed by atoms with E-state index in [1.165, 1.54) is 0 Å². The SMILES string of the molecule is COc1ccc(C(c2ccc(OC)cc2)[C@](C)(Br)C(=O)O)cc1. The van der Waals surface area contributed by atoms with Gasteiger partial charge in [0.2, 0.25) is 0 Å². The van der Waals surface area contributed by atoms with Gasteiger partial charge in [-0.3, -0.25) is 4.79 Å². The van der Waals surface area contributed by atoms with E-state index >= 15 is 0 Å². The molecule has 2 rings (SSSR count). The molecule has 4 nitrogen and oxygen atoms in total. The van der Waals surface area contributed by atoms with E-state index in [4.69, 9.17) is 9.47 Å². The number of rotatable bonds is 6. The molecule has 1 N–H and O–H groups in total. The third-order valence-electron chi connectivity index (χ3n) is 3.86. The Labute approximate surface area is 144 Å². The lowest BCUT2D eigenvalue weighted by Gasteiger charge is -2.30. The van der Waals surface area contributed by atoms with Gasteiger partial charge in [-0.25, -0.2) is 0 Å². The molecule has 0 saturated heterocycles. The first-order valence-corrected chi connectivity index (χ1v) is 7.89. The molecule has 0 heterocycles. The lowest BCUT2D eigenvalue weighted by atomic mass is 9.81. The maximum absolute atomic E-state index is 11.8. The zero-order chi connectivity index (χ0) is 17.0. The molecule has 0 unspecified atom stereocenters. The number of hydrogen-bond acceptors (Lipinski definition) is 3. The Morgan fingerprint density at radius 1 is 0.957 bits per heavy atom. The lowest BCUT2D eigenvalue weighted by Crippen LogP contribution is -2.36. The number of hydrogen-bond donors (Lipinski definition) is 1. The second-order valence-corrected chi connectivity index (χ2v) is 7.01. The summed E-state index contributed by atoms with van der Waals surface area (Å²) in [4.78, 5) is 11.8. The molecule has 0 bridgehead atoms. The Morgan fingerprint density at radius 3 is 1.57 bits per heavy atom. The van der Waals surface area contributed by atoms with Crippen molar-refractivity contribution in [2.75, 3.05) is 14.2 Å². The number of ether oxygens (including phenoxy) is 2. The van der Waals surface area contributed by atoms with Crippen molar-refractivity contribution in [1.82, 2.24) is 0 Å². The van der Waals surface area contributed by atoms with Gasteiger partial charge in [0.05, 0.1) is 14.2 Å². The van der Waals surface area contributed by atoms with Gasteiger partial charge in [-0.15, -0.1) is 0 Å². The van der Waals surface area contributed by atoms with Gasteiger partial charge in [0, 0.05) is 5.92 Å². The minimum Gasteiger partial charge on any atom is -0.497 e. The van der Waals surface area contributed by atoms with Gasteiger partial charge < -0.3 is 14.6 Å². The van der Waals surface area contributed by atoms with Crippen LogP contribution in [0.4, 0.5) is 0 Å². The third kappa shape index (κ3) is 3.67. The summed E-state index contributed by atoms with van der Waals surface area (Å²) in [5, 5.41) is 9.64. The summed E-state index contributed by atoms with van der Waals surface area (Å²) in [5.41, 5.74) is 1.77. The van der Waals surface area contributed by atoms with Crippen LogP contribution in [0.15, 0.2) is 48.5 Å². The van der Waals surface area contributed by atoms with E-state index in [0.29, 0.717) is 0 Å². The highest BCUT2D eigenvalue weighted by atomic mass is 79.9. The first kappa shape index (κ1) is 17.3. The third-order valence-corrected chi connectivity index (χ3v) is 4.66. The van der Waals surface area contributed by atoms with Crippen LogP contribution in [0.3, 0.4) is 0 Å². The summed E-state index contributed by atoms with van der Waals surface area (Å²) in [5.74, 6) is 0.175. The molecule has 23 heavy (non-hydrogen) atoms. The molecule has 0 saturated carbocycles. The minimum absolute atomic E-state index is 0.364. The monoisotopic (exact) mass is 378 g/mol. The second-order valence-electron chi connectivity index (χ2n) is 5.36. The summed E-state index contributed by atoms with van der Waals surface area (Å²) >= 11 is 3.40. The van der Waals surface area contributed by atoms with Gasteiger partial charge in [0.25, 0.3) is 0 Å². The van der Waals surface area contributed by atoms with E-state index < -0.39 is 10.3 Å². The van der Waals surface area contributed by atoms with Crippen LogP contribution in [0, 0.1) is 0 Å². The van der Waals surface area contributed by atoms with E-state index in [1.807, 2.05) is 48.5 Å². The van der Waals surface area contributed by atoms with Crippen molar-refractivity contribution < 1.29 is 19.4 Å². The predicted molar refractivity (Wildman–Crippen MR) is 92.8 cm³/mol. The Morgan fingerprint density at radius 2 is 1.30 bits per heavy atom. The summed E-state index contributed by atoms with van der Waals surface area (Å²) in [6, 6.07) is 14.9. The Kier molecular flexibility index (Phi) is 5.31. The van der Waals surface area contributed by atoms with Crippen LogP contribution >= 0.6 is 15.9 Å². The van der Waals surface area contributed by atoms with Crippen molar-refractivity contribution in [3.63, 3.8) is 0 Å². The van der Waals surface area contributed by atoms with Crippen molar-refractivity contribution in [2.45, 2.75) is 17.2 Å². The average Bonchev–Trinajstić information content (AvgIpc) is 2.56. The highest BCUT2D eigenvalue weighted by Gasteiger charge is 2.41. The maximum atomic E-state index is 11.8. The average molecular weight is 379 g/mol. The first-order chi connectivity index (χ1) is 10.9. The Hall–Kier alpha value is -2.01. The molecular formula is C18H19BrO4. The first-order valence-electron chi connectivity index (χ1n) is 7.10. The molecule has 122 valence electrons. The van der Waals surface area contributed by atoms with Gasteiger partial charge in [-0.1, -0.05) is 40.2 Å². The van der Waals surface area contributed by atoms with E-state index in [0.717, 1.165) is 22.6 Å². The number of carboxylic acid groups (broad SMARTS) is 1. The summed E-state index contributed by atoms with van der Waals surface area (Å²) in [6.07, 6.45) is 0. The van der Waals surface area contributed by atoms with Crippen molar-refractivity contribution in [3.05, 3.63) is 59.7 Å². The largest absolute Gasteiger partial charge is 0.497 e. The van der Waals surface area contributed by atoms with Gasteiger partial charge in [0.1, 0.15) is 15.8 Å². The quantitative estimate of drug-likeness (QED) is 0.769. The van der Waals surface area contributed by atoms with Crippen LogP contribution < -0.4 is 9.47 Å². The number of carbonyl (C=O) groups is 1. The molecule has 0 amide bonds. The molecular weight excluding hydrogens is 360 g/mol. The molecule has 0 fully saturated rings. The van der Waals surface area contributed by atoms with E-state index in [9.17, 15) is 9.90 Å². The molecule has 0 spiro atoms. The number of aliphatic carboxylic acids is 1. The Bertz CT molecular complexity index is 615. The van der Waals surface area contributed by atoms with Crippen molar-refractivity contribution in [3.8, 4) is 11.5 Å². The highest BCUT2D eigenvalue weighted by Crippen LogP contribution is 2.41. The molecule has 0 aliphatic rings. The molecule has 5 heteroatoms. The van der Waals surface area contributed by atoms with Crippen LogP contribution in [0.25, 0.3) is 0 Å². The number of benzene rings is 2. The fourth-order valence-electron chi connectivity index (χ4n) is 2.53. The highest BCUT2D eigenvalue weighted by molar-refractivity contribution is 9.10. The fourth-order valence-corrected chi connectivity index (χ4v) is 3.06. The summed E-state index contributed by atoms with van der Waals surface area (Å²) in [7, 11) is 3.20. The summed E-state index contributed by atoms with van der Waals surface area (Å²) in [6.45, 7) is 1.66. The van der Waals surface area contributed by atoms with Crippen LogP contribution in [-0.2, 0) is 4.79 Å². The second kappa shape index (κ2) is 7.04. The molecule has 0 aliphatic heterocycles. The number of methoxy groups -OCH3 is 2. The zero-order valence-electron chi connectivity index (χ0n) is 13.2. The van der Waals surface area contributed by atoms with Crippen LogP contribution in [0.5, 0.6) is 11.5 Å². The van der Waals surface area contributed by atoms with Crippen molar-refractivity contribution in [1.29, 1.82) is 0 Å². The summed E-state index contributed by atoms with van der Waals surface area (Å²) < 4.78 is 9.20. The van der Waals surface area contributed by atoms with E-state index in [2.05, 4.69) is 15.9 Å². The molecule has 0 aromatic heterocycles. The zero-order valence-corrected chi connectivity index (χ0v) is 14.8. The number of halogens is 1. The number of alkyl halides is 1. The maximum Gasteiger partial charge on any atom is 0.321 e. The van der Waals surface area contributed by atoms with Crippen molar-refractivity contribution >= 4 is 21.9 Å². The van der Waals surface area contributed by atoms with Crippen LogP contribution in [0.2, 0.25) is 0 Å². The molecule has 2 aromatic carbocycles. The van der Waals surface area contributed by atoms with Crippen molar-refractivity contribution in [2.24, 2.45) is 0 Å². The molecule has 0 radical (unpaired) electrons. The lowest BCUT2D eigenvalue weighted by molar-refractivity contribution is -0.139. The van der Waals surface area contributed by atoms with E-state index in [-0.39, 0.29) is 5.92 Å². The molecule has 1 atom stereocenters. The number of carboxylic acids is 1. The topological polar surface area (TPSA) is 55.8 Å². The van der Waals surface area contributed by atoms with Gasteiger partial charge in [-0.05, 0) is 42.3 Å². The molecule has 0 aliphatic carbocycles. The molecule has 2 aromatic rings. The normalized spacial score (nSPS) is 13.4. The van der Waals surface area contributed by atoms with Gasteiger partial charge >= 0.3 is 5.97 Å².